The highest BCUT2D eigenvalue weighted by molar-refractivity contribution is 7.92. The Morgan fingerprint density at radius 1 is 1.13 bits per heavy atom. The Morgan fingerprint density at radius 2 is 1.93 bits per heavy atom. The van der Waals surface area contributed by atoms with Crippen LogP contribution in [0.1, 0.15) is 18.6 Å². The van der Waals surface area contributed by atoms with Gasteiger partial charge < -0.3 is 9.84 Å². The fraction of sp³-hybridized carbons (Fsp3) is 0.211. The summed E-state index contributed by atoms with van der Waals surface area (Å²) >= 11 is 0. The zero-order valence-corrected chi connectivity index (χ0v) is 17.3. The van der Waals surface area contributed by atoms with Crippen LogP contribution < -0.4 is 9.46 Å². The molecule has 3 heterocycles. The number of benzene rings is 1. The van der Waals surface area contributed by atoms with E-state index in [4.69, 9.17) is 4.74 Å². The van der Waals surface area contributed by atoms with Gasteiger partial charge in [-0.15, -0.1) is 0 Å². The monoisotopic (exact) mass is 428 g/mol. The third-order valence-corrected chi connectivity index (χ3v) is 6.01. The van der Waals surface area contributed by atoms with E-state index in [0.717, 1.165) is 5.39 Å². The van der Waals surface area contributed by atoms with Crippen LogP contribution in [0.3, 0.4) is 0 Å². The Bertz CT molecular complexity index is 1310. The van der Waals surface area contributed by atoms with Crippen LogP contribution in [0.25, 0.3) is 16.7 Å². The first-order chi connectivity index (χ1) is 14.3. The van der Waals surface area contributed by atoms with Gasteiger partial charge in [-0.1, -0.05) is 0 Å². The van der Waals surface area contributed by atoms with E-state index in [-0.39, 0.29) is 4.90 Å². The lowest BCUT2D eigenvalue weighted by Crippen LogP contribution is -2.15. The number of fused-ring (bicyclic) bond motifs is 1. The van der Waals surface area contributed by atoms with E-state index in [9.17, 15) is 13.5 Å². The van der Waals surface area contributed by atoms with E-state index in [1.807, 2.05) is 0 Å². The van der Waals surface area contributed by atoms with Crippen molar-refractivity contribution in [2.75, 3.05) is 11.8 Å². The molecule has 156 valence electrons. The standard InChI is InChI=1S/C19H20N6O4S/c1-12(26)14-9-22-25(11-14)17-7-5-15(10-20-17)30(27,28)23-18-16(29-3)6-4-13-8-21-24(2)19(13)18/h4-12,23,26H,1-3H3/t12-/m0/s1. The highest BCUT2D eigenvalue weighted by atomic mass is 32.2. The molecule has 10 nitrogen and oxygen atoms in total. The number of aryl methyl sites for hydroxylation is 1. The minimum absolute atomic E-state index is 0.0182. The van der Waals surface area contributed by atoms with E-state index >= 15 is 0 Å². The van der Waals surface area contributed by atoms with Crippen LogP contribution in [0.4, 0.5) is 5.69 Å². The largest absolute Gasteiger partial charge is 0.494 e. The molecule has 1 atom stereocenters. The second kappa shape index (κ2) is 7.43. The number of sulfonamides is 1. The molecule has 3 aromatic heterocycles. The van der Waals surface area contributed by atoms with Crippen LogP contribution in [0, 0.1) is 0 Å². The Kier molecular flexibility index (Phi) is 4.92. The fourth-order valence-corrected chi connectivity index (χ4v) is 4.08. The lowest BCUT2D eigenvalue weighted by Gasteiger charge is -2.14. The molecule has 0 saturated heterocycles. The summed E-state index contributed by atoms with van der Waals surface area (Å²) in [5, 5.41) is 18.7. The van der Waals surface area contributed by atoms with Crippen molar-refractivity contribution >= 4 is 26.6 Å². The van der Waals surface area contributed by atoms with Crippen molar-refractivity contribution in [2.45, 2.75) is 17.9 Å². The van der Waals surface area contributed by atoms with Gasteiger partial charge >= 0.3 is 0 Å². The van der Waals surface area contributed by atoms with Gasteiger partial charge in [0.15, 0.2) is 5.82 Å². The van der Waals surface area contributed by atoms with Gasteiger partial charge in [-0.3, -0.25) is 9.40 Å². The lowest BCUT2D eigenvalue weighted by molar-refractivity contribution is 0.199. The number of hydrogen-bond acceptors (Lipinski definition) is 7. The molecule has 0 bridgehead atoms. The molecule has 0 unspecified atom stereocenters. The smallest absolute Gasteiger partial charge is 0.263 e. The first kappa shape index (κ1) is 19.9. The molecule has 0 saturated carbocycles. The lowest BCUT2D eigenvalue weighted by atomic mass is 10.2. The summed E-state index contributed by atoms with van der Waals surface area (Å²) in [4.78, 5) is 4.17. The molecule has 1 aromatic carbocycles. The highest BCUT2D eigenvalue weighted by Crippen LogP contribution is 2.34. The van der Waals surface area contributed by atoms with Crippen LogP contribution in [0.15, 0.2) is 53.9 Å². The van der Waals surface area contributed by atoms with Crippen LogP contribution in [0.5, 0.6) is 5.75 Å². The summed E-state index contributed by atoms with van der Waals surface area (Å²) in [6, 6.07) is 6.46. The zero-order valence-electron chi connectivity index (χ0n) is 16.5. The predicted octanol–water partition coefficient (Wildman–Crippen LogP) is 2.02. The average molecular weight is 428 g/mol. The molecule has 0 fully saturated rings. The van der Waals surface area contributed by atoms with E-state index < -0.39 is 16.1 Å². The molecule has 4 rings (SSSR count). The van der Waals surface area contributed by atoms with Gasteiger partial charge in [0.1, 0.15) is 16.3 Å². The third-order valence-electron chi connectivity index (χ3n) is 4.67. The molecule has 0 radical (unpaired) electrons. The van der Waals surface area contributed by atoms with Gasteiger partial charge in [-0.05, 0) is 31.2 Å². The number of nitrogens with zero attached hydrogens (tertiary/aromatic N) is 5. The molecule has 0 aliphatic rings. The zero-order chi connectivity index (χ0) is 21.5. The summed E-state index contributed by atoms with van der Waals surface area (Å²) in [5.74, 6) is 0.800. The molecular weight excluding hydrogens is 408 g/mol. The summed E-state index contributed by atoms with van der Waals surface area (Å²) < 4.78 is 37.0. The number of ether oxygens (including phenoxy) is 1. The molecular formula is C19H20N6O4S. The summed E-state index contributed by atoms with van der Waals surface area (Å²) in [6.07, 6.45) is 5.39. The Morgan fingerprint density at radius 3 is 2.57 bits per heavy atom. The van der Waals surface area contributed by atoms with E-state index in [0.29, 0.717) is 28.3 Å². The molecule has 11 heteroatoms. The maximum atomic E-state index is 13.0. The van der Waals surface area contributed by atoms with Gasteiger partial charge in [0.05, 0.1) is 31.1 Å². The Hall–Kier alpha value is -3.44. The number of hydrogen-bond donors (Lipinski definition) is 2. The number of rotatable bonds is 6. The van der Waals surface area contributed by atoms with E-state index in [2.05, 4.69) is 19.9 Å². The summed E-state index contributed by atoms with van der Waals surface area (Å²) in [5.41, 5.74) is 1.53. The normalized spacial score (nSPS) is 12.8. The number of nitrogens with one attached hydrogen (secondary N) is 1. The average Bonchev–Trinajstić information content (AvgIpc) is 3.36. The van der Waals surface area contributed by atoms with Crippen molar-refractivity contribution in [3.05, 3.63) is 54.6 Å². The first-order valence-electron chi connectivity index (χ1n) is 9.01. The van der Waals surface area contributed by atoms with Crippen molar-refractivity contribution in [1.82, 2.24) is 24.5 Å². The van der Waals surface area contributed by atoms with Crippen molar-refractivity contribution in [3.63, 3.8) is 0 Å². The topological polar surface area (TPSA) is 124 Å². The minimum atomic E-state index is -3.94. The number of methoxy groups -OCH3 is 1. The van der Waals surface area contributed by atoms with E-state index in [1.165, 1.54) is 36.3 Å². The Labute approximate surface area is 172 Å². The second-order valence-electron chi connectivity index (χ2n) is 6.70. The van der Waals surface area contributed by atoms with Crippen molar-refractivity contribution < 1.29 is 18.3 Å². The molecule has 0 spiro atoms. The molecule has 2 N–H and O–H groups in total. The van der Waals surface area contributed by atoms with Gasteiger partial charge in [-0.2, -0.15) is 10.2 Å². The second-order valence-corrected chi connectivity index (χ2v) is 8.38. The number of pyridine rings is 1. The molecule has 0 aliphatic carbocycles. The predicted molar refractivity (Wildman–Crippen MR) is 110 cm³/mol. The van der Waals surface area contributed by atoms with Crippen molar-refractivity contribution in [3.8, 4) is 11.6 Å². The number of aliphatic hydroxyl groups excluding tert-OH is 1. The van der Waals surface area contributed by atoms with Gasteiger partial charge in [0, 0.05) is 30.4 Å². The number of anilines is 1. The maximum Gasteiger partial charge on any atom is 0.263 e. The Balaban J connectivity index is 1.68. The summed E-state index contributed by atoms with van der Waals surface area (Å²) in [6.45, 7) is 1.63. The minimum Gasteiger partial charge on any atom is -0.494 e. The van der Waals surface area contributed by atoms with Crippen LogP contribution >= 0.6 is 0 Å². The van der Waals surface area contributed by atoms with Gasteiger partial charge in [0.2, 0.25) is 0 Å². The number of aliphatic hydroxyl groups is 1. The molecule has 30 heavy (non-hydrogen) atoms. The maximum absolute atomic E-state index is 13.0. The van der Waals surface area contributed by atoms with Crippen LogP contribution in [-0.2, 0) is 17.1 Å². The molecule has 4 aromatic rings. The molecule has 0 amide bonds. The van der Waals surface area contributed by atoms with Gasteiger partial charge in [-0.25, -0.2) is 18.1 Å². The van der Waals surface area contributed by atoms with Crippen molar-refractivity contribution in [1.29, 1.82) is 0 Å². The van der Waals surface area contributed by atoms with Crippen LogP contribution in [-0.4, -0.2) is 45.2 Å². The van der Waals surface area contributed by atoms with E-state index in [1.54, 1.807) is 43.2 Å². The SMILES string of the molecule is COc1ccc2cnn(C)c2c1NS(=O)(=O)c1ccc(-n2cc([C@H](C)O)cn2)nc1. The highest BCUT2D eigenvalue weighted by Gasteiger charge is 2.21. The first-order valence-corrected chi connectivity index (χ1v) is 10.5. The summed E-state index contributed by atoms with van der Waals surface area (Å²) in [7, 11) is -0.749. The third kappa shape index (κ3) is 3.48. The van der Waals surface area contributed by atoms with Gasteiger partial charge in [0.25, 0.3) is 10.0 Å². The number of aromatic nitrogens is 5. The molecule has 0 aliphatic heterocycles. The quantitative estimate of drug-likeness (QED) is 0.481. The fourth-order valence-electron chi connectivity index (χ4n) is 3.05. The van der Waals surface area contributed by atoms with Crippen LogP contribution in [0.2, 0.25) is 0 Å². The van der Waals surface area contributed by atoms with Crippen molar-refractivity contribution in [2.24, 2.45) is 7.05 Å².